The van der Waals surface area contributed by atoms with Crippen LogP contribution >= 0.6 is 0 Å². The van der Waals surface area contributed by atoms with Gasteiger partial charge in [0.15, 0.2) is 0 Å². The molecular formula is C9H18. The summed E-state index contributed by atoms with van der Waals surface area (Å²) in [7, 11) is 0. The van der Waals surface area contributed by atoms with Gasteiger partial charge in [0.05, 0.1) is 0 Å². The fourth-order valence-corrected chi connectivity index (χ4v) is 1.77. The summed E-state index contributed by atoms with van der Waals surface area (Å²) < 4.78 is 0. The fourth-order valence-electron chi connectivity index (χ4n) is 1.77. The van der Waals surface area contributed by atoms with Crippen molar-refractivity contribution in [1.29, 1.82) is 0 Å². The van der Waals surface area contributed by atoms with E-state index in [1.165, 1.54) is 6.42 Å². The maximum Gasteiger partial charge on any atom is -0.0357 e. The van der Waals surface area contributed by atoms with Crippen LogP contribution in [0.2, 0.25) is 0 Å². The summed E-state index contributed by atoms with van der Waals surface area (Å²) in [5.74, 6) is 3.98. The molecule has 2 atom stereocenters. The molecule has 1 fully saturated rings. The standard InChI is InChI=1S/C9H18/c1-6(2)8-5-9(8)7(3)4/h6-9H,5H2,1-4H3/t8-,9-/m1/s1. The molecule has 0 spiro atoms. The highest BCUT2D eigenvalue weighted by atomic mass is 14.5. The molecule has 0 radical (unpaired) electrons. The summed E-state index contributed by atoms with van der Waals surface area (Å²) in [5, 5.41) is 0. The second kappa shape index (κ2) is 2.32. The zero-order valence-corrected chi connectivity index (χ0v) is 7.02. The molecule has 0 aromatic rings. The monoisotopic (exact) mass is 126 g/mol. The van der Waals surface area contributed by atoms with Crippen LogP contribution in [0.4, 0.5) is 0 Å². The third-order valence-corrected chi connectivity index (χ3v) is 2.60. The highest BCUT2D eigenvalue weighted by Crippen LogP contribution is 2.48. The highest BCUT2D eigenvalue weighted by Gasteiger charge is 2.40. The van der Waals surface area contributed by atoms with Gasteiger partial charge in [-0.1, -0.05) is 27.7 Å². The van der Waals surface area contributed by atoms with Crippen LogP contribution in [0, 0.1) is 23.7 Å². The summed E-state index contributed by atoms with van der Waals surface area (Å²) in [5.41, 5.74) is 0. The molecule has 0 nitrogen and oxygen atoms in total. The van der Waals surface area contributed by atoms with Crippen LogP contribution < -0.4 is 0 Å². The Morgan fingerprint density at radius 3 is 1.33 bits per heavy atom. The molecule has 0 saturated heterocycles. The van der Waals surface area contributed by atoms with E-state index in [0.717, 1.165) is 23.7 Å². The van der Waals surface area contributed by atoms with Crippen LogP contribution in [0.25, 0.3) is 0 Å². The lowest BCUT2D eigenvalue weighted by Gasteiger charge is -2.04. The Bertz CT molecular complexity index is 80.2. The van der Waals surface area contributed by atoms with Crippen molar-refractivity contribution >= 4 is 0 Å². The van der Waals surface area contributed by atoms with E-state index in [1.807, 2.05) is 0 Å². The predicted molar refractivity (Wildman–Crippen MR) is 41.3 cm³/mol. The molecule has 0 aliphatic heterocycles. The Morgan fingerprint density at radius 1 is 0.889 bits per heavy atom. The van der Waals surface area contributed by atoms with Gasteiger partial charge in [-0.25, -0.2) is 0 Å². The van der Waals surface area contributed by atoms with Gasteiger partial charge in [-0.15, -0.1) is 0 Å². The first-order chi connectivity index (χ1) is 4.13. The van der Waals surface area contributed by atoms with Crippen molar-refractivity contribution in [1.82, 2.24) is 0 Å². The van der Waals surface area contributed by atoms with Gasteiger partial charge in [-0.3, -0.25) is 0 Å². The first-order valence-electron chi connectivity index (χ1n) is 4.13. The summed E-state index contributed by atoms with van der Waals surface area (Å²) in [6, 6.07) is 0. The topological polar surface area (TPSA) is 0 Å². The van der Waals surface area contributed by atoms with E-state index < -0.39 is 0 Å². The minimum absolute atomic E-state index is 0.928. The van der Waals surface area contributed by atoms with Gasteiger partial charge in [0.1, 0.15) is 0 Å². The Morgan fingerprint density at radius 2 is 1.22 bits per heavy atom. The molecule has 9 heavy (non-hydrogen) atoms. The molecule has 0 amide bonds. The van der Waals surface area contributed by atoms with E-state index in [2.05, 4.69) is 27.7 Å². The van der Waals surface area contributed by atoms with Crippen molar-refractivity contribution in [2.24, 2.45) is 23.7 Å². The van der Waals surface area contributed by atoms with Crippen molar-refractivity contribution in [3.8, 4) is 0 Å². The van der Waals surface area contributed by atoms with Crippen molar-refractivity contribution in [3.05, 3.63) is 0 Å². The minimum atomic E-state index is 0.928. The van der Waals surface area contributed by atoms with Gasteiger partial charge < -0.3 is 0 Å². The summed E-state index contributed by atoms with van der Waals surface area (Å²) in [6.07, 6.45) is 1.50. The third-order valence-electron chi connectivity index (χ3n) is 2.60. The summed E-state index contributed by atoms with van der Waals surface area (Å²) in [4.78, 5) is 0. The van der Waals surface area contributed by atoms with Gasteiger partial charge >= 0.3 is 0 Å². The second-order valence-corrected chi connectivity index (χ2v) is 4.05. The van der Waals surface area contributed by atoms with Gasteiger partial charge in [-0.2, -0.15) is 0 Å². The molecule has 1 rings (SSSR count). The largest absolute Gasteiger partial charge is 0.0625 e. The molecule has 0 heteroatoms. The smallest absolute Gasteiger partial charge is 0.0357 e. The van der Waals surface area contributed by atoms with Gasteiger partial charge in [0, 0.05) is 0 Å². The lowest BCUT2D eigenvalue weighted by Crippen LogP contribution is -1.97. The van der Waals surface area contributed by atoms with Crippen LogP contribution in [0.1, 0.15) is 34.1 Å². The van der Waals surface area contributed by atoms with Crippen molar-refractivity contribution < 1.29 is 0 Å². The Labute approximate surface area is 58.7 Å². The third kappa shape index (κ3) is 1.47. The first kappa shape index (κ1) is 7.11. The van der Waals surface area contributed by atoms with E-state index in [0.29, 0.717) is 0 Å². The molecule has 54 valence electrons. The van der Waals surface area contributed by atoms with Crippen molar-refractivity contribution in [2.45, 2.75) is 34.1 Å². The predicted octanol–water partition coefficient (Wildman–Crippen LogP) is 2.93. The maximum absolute atomic E-state index is 2.34. The Hall–Kier alpha value is 0. The lowest BCUT2D eigenvalue weighted by molar-refractivity contribution is 0.448. The Kier molecular flexibility index (Phi) is 1.83. The van der Waals surface area contributed by atoms with Gasteiger partial charge in [0.25, 0.3) is 0 Å². The van der Waals surface area contributed by atoms with E-state index in [9.17, 15) is 0 Å². The average molecular weight is 126 g/mol. The zero-order valence-electron chi connectivity index (χ0n) is 7.02. The minimum Gasteiger partial charge on any atom is -0.0625 e. The zero-order chi connectivity index (χ0) is 7.02. The van der Waals surface area contributed by atoms with Crippen LogP contribution in [-0.2, 0) is 0 Å². The number of rotatable bonds is 2. The molecule has 1 aliphatic rings. The lowest BCUT2D eigenvalue weighted by atomic mass is 10.0. The first-order valence-corrected chi connectivity index (χ1v) is 4.13. The van der Waals surface area contributed by atoms with Crippen LogP contribution in [0.15, 0.2) is 0 Å². The van der Waals surface area contributed by atoms with Crippen LogP contribution in [-0.4, -0.2) is 0 Å². The number of hydrogen-bond donors (Lipinski definition) is 0. The van der Waals surface area contributed by atoms with Crippen molar-refractivity contribution in [2.75, 3.05) is 0 Å². The second-order valence-electron chi connectivity index (χ2n) is 4.05. The van der Waals surface area contributed by atoms with Gasteiger partial charge in [0.2, 0.25) is 0 Å². The molecule has 0 aromatic carbocycles. The average Bonchev–Trinajstić information content (AvgIpc) is 2.39. The quantitative estimate of drug-likeness (QED) is 0.533. The highest BCUT2D eigenvalue weighted by molar-refractivity contribution is 4.89. The maximum atomic E-state index is 2.34. The van der Waals surface area contributed by atoms with E-state index in [4.69, 9.17) is 0 Å². The SMILES string of the molecule is CC(C)[C@H]1C[C@@H]1C(C)C. The molecule has 1 saturated carbocycles. The van der Waals surface area contributed by atoms with Crippen LogP contribution in [0.3, 0.4) is 0 Å². The summed E-state index contributed by atoms with van der Waals surface area (Å²) >= 11 is 0. The van der Waals surface area contributed by atoms with E-state index in [1.54, 1.807) is 0 Å². The molecule has 0 N–H and O–H groups in total. The Balaban J connectivity index is 2.24. The van der Waals surface area contributed by atoms with Gasteiger partial charge in [-0.05, 0) is 30.1 Å². The molecule has 1 aliphatic carbocycles. The molecular weight excluding hydrogens is 108 g/mol. The van der Waals surface area contributed by atoms with Crippen molar-refractivity contribution in [3.63, 3.8) is 0 Å². The summed E-state index contributed by atoms with van der Waals surface area (Å²) in [6.45, 7) is 9.36. The molecule has 0 bridgehead atoms. The molecule has 0 aromatic heterocycles. The number of hydrogen-bond acceptors (Lipinski definition) is 0. The van der Waals surface area contributed by atoms with Crippen LogP contribution in [0.5, 0.6) is 0 Å². The molecule has 0 heterocycles. The normalized spacial score (nSPS) is 34.0. The molecule has 0 unspecified atom stereocenters. The van der Waals surface area contributed by atoms with E-state index >= 15 is 0 Å². The fraction of sp³-hybridized carbons (Fsp3) is 1.00. The van der Waals surface area contributed by atoms with E-state index in [-0.39, 0.29) is 0 Å².